The molecule has 0 N–H and O–H groups in total. The highest BCUT2D eigenvalue weighted by atomic mass is 16.5. The molecule has 2 rings (SSSR count). The van der Waals surface area contributed by atoms with Crippen molar-refractivity contribution in [3.05, 3.63) is 58.4 Å². The maximum absolute atomic E-state index is 12.6. The first kappa shape index (κ1) is 17.8. The maximum atomic E-state index is 12.6. The second kappa shape index (κ2) is 7.34. The highest BCUT2D eigenvalue weighted by molar-refractivity contribution is 6.07. The summed E-state index contributed by atoms with van der Waals surface area (Å²) in [5.74, 6) is -0.638. The number of hydrogen-bond donors (Lipinski definition) is 0. The van der Waals surface area contributed by atoms with E-state index in [1.165, 1.54) is 4.90 Å². The molecular weight excluding hydrogens is 304 g/mol. The molecule has 1 aromatic carbocycles. The van der Waals surface area contributed by atoms with Crippen LogP contribution in [0.1, 0.15) is 44.6 Å². The van der Waals surface area contributed by atoms with E-state index in [1.807, 2.05) is 48.7 Å². The Morgan fingerprint density at radius 2 is 1.62 bits per heavy atom. The minimum absolute atomic E-state index is 0.189. The van der Waals surface area contributed by atoms with Gasteiger partial charge in [0.25, 0.3) is 5.91 Å². The van der Waals surface area contributed by atoms with Crippen LogP contribution < -0.4 is 0 Å². The molecule has 0 fully saturated rings. The molecule has 5 nitrogen and oxygen atoms in total. The van der Waals surface area contributed by atoms with Crippen molar-refractivity contribution in [2.75, 3.05) is 20.7 Å². The molecule has 2 aromatic rings. The summed E-state index contributed by atoms with van der Waals surface area (Å²) in [5.41, 5.74) is 3.42. The predicted octanol–water partition coefficient (Wildman–Crippen LogP) is 3.03. The van der Waals surface area contributed by atoms with Crippen LogP contribution in [0.3, 0.4) is 0 Å². The van der Waals surface area contributed by atoms with E-state index in [4.69, 9.17) is 4.74 Å². The molecule has 0 radical (unpaired) electrons. The van der Waals surface area contributed by atoms with Gasteiger partial charge in [-0.1, -0.05) is 30.3 Å². The normalized spacial score (nSPS) is 10.5. The van der Waals surface area contributed by atoms with Crippen molar-refractivity contribution in [1.82, 2.24) is 9.47 Å². The summed E-state index contributed by atoms with van der Waals surface area (Å²) in [5, 5.41) is 0. The molecular formula is C19H24N2O3. The van der Waals surface area contributed by atoms with Gasteiger partial charge in [-0.3, -0.25) is 4.79 Å². The van der Waals surface area contributed by atoms with Gasteiger partial charge in [-0.25, -0.2) is 4.79 Å². The third kappa shape index (κ3) is 3.35. The molecule has 0 atom stereocenters. The van der Waals surface area contributed by atoms with Gasteiger partial charge in [-0.15, -0.1) is 0 Å². The minimum Gasteiger partial charge on any atom is -0.462 e. The Hall–Kier alpha value is -2.56. The average molecular weight is 328 g/mol. The number of carbonyl (C=O) groups is 2. The smallest absolute Gasteiger partial charge is 0.340 e. The number of amides is 1. The topological polar surface area (TPSA) is 51.5 Å². The van der Waals surface area contributed by atoms with Crippen molar-refractivity contribution in [3.63, 3.8) is 0 Å². The fraction of sp³-hybridized carbons (Fsp3) is 0.368. The van der Waals surface area contributed by atoms with E-state index in [2.05, 4.69) is 0 Å². The summed E-state index contributed by atoms with van der Waals surface area (Å²) in [7, 11) is 3.36. The van der Waals surface area contributed by atoms with Gasteiger partial charge in [-0.05, 0) is 26.3 Å². The molecule has 0 saturated heterocycles. The zero-order chi connectivity index (χ0) is 17.9. The average Bonchev–Trinajstić information content (AvgIpc) is 2.80. The van der Waals surface area contributed by atoms with Crippen LogP contribution in [0.25, 0.3) is 0 Å². The quantitative estimate of drug-likeness (QED) is 0.793. The van der Waals surface area contributed by atoms with Crippen LogP contribution >= 0.6 is 0 Å². The molecule has 5 heteroatoms. The zero-order valence-electron chi connectivity index (χ0n) is 14.9. The van der Waals surface area contributed by atoms with Crippen LogP contribution in [0.15, 0.2) is 30.3 Å². The molecule has 0 unspecified atom stereocenters. The van der Waals surface area contributed by atoms with Crippen molar-refractivity contribution in [1.29, 1.82) is 0 Å². The summed E-state index contributed by atoms with van der Waals surface area (Å²) < 4.78 is 7.17. The Kier molecular flexibility index (Phi) is 5.44. The van der Waals surface area contributed by atoms with E-state index < -0.39 is 5.97 Å². The van der Waals surface area contributed by atoms with Gasteiger partial charge in [0.15, 0.2) is 0 Å². The van der Waals surface area contributed by atoms with Gasteiger partial charge in [0.2, 0.25) is 0 Å². The molecule has 1 amide bonds. The third-order valence-electron chi connectivity index (χ3n) is 4.07. The van der Waals surface area contributed by atoms with Crippen LogP contribution in [0, 0.1) is 13.8 Å². The number of carbonyl (C=O) groups excluding carboxylic acids is 2. The number of esters is 1. The second-order valence-corrected chi connectivity index (χ2v) is 5.91. The first-order valence-electron chi connectivity index (χ1n) is 8.00. The number of nitrogens with zero attached hydrogens (tertiary/aromatic N) is 2. The third-order valence-corrected chi connectivity index (χ3v) is 4.07. The Morgan fingerprint density at radius 3 is 2.17 bits per heavy atom. The summed E-state index contributed by atoms with van der Waals surface area (Å²) in [6.07, 6.45) is 0. The lowest BCUT2D eigenvalue weighted by Crippen LogP contribution is -2.24. The van der Waals surface area contributed by atoms with Crippen molar-refractivity contribution in [2.24, 2.45) is 0 Å². The summed E-state index contributed by atoms with van der Waals surface area (Å²) in [4.78, 5) is 26.5. The van der Waals surface area contributed by atoms with Gasteiger partial charge < -0.3 is 14.2 Å². The predicted molar refractivity (Wildman–Crippen MR) is 93.4 cm³/mol. The molecule has 1 aromatic heterocycles. The van der Waals surface area contributed by atoms with Crippen LogP contribution in [0.2, 0.25) is 0 Å². The van der Waals surface area contributed by atoms with Crippen LogP contribution in [-0.2, 0) is 11.3 Å². The van der Waals surface area contributed by atoms with E-state index in [1.54, 1.807) is 21.0 Å². The number of aromatic nitrogens is 1. The summed E-state index contributed by atoms with van der Waals surface area (Å²) >= 11 is 0. The second-order valence-electron chi connectivity index (χ2n) is 5.91. The van der Waals surface area contributed by atoms with E-state index in [-0.39, 0.29) is 12.5 Å². The molecule has 24 heavy (non-hydrogen) atoms. The molecule has 1 heterocycles. The standard InChI is InChI=1S/C19H24N2O3/c1-6-24-19(23)17-14(3)21(12-15-10-8-7-9-11-15)13(2)16(17)18(22)20(4)5/h7-11H,6,12H2,1-5H3. The van der Waals surface area contributed by atoms with Gasteiger partial charge in [0, 0.05) is 32.0 Å². The Bertz CT molecular complexity index is 746. The van der Waals surface area contributed by atoms with Crippen LogP contribution in [-0.4, -0.2) is 42.0 Å². The monoisotopic (exact) mass is 328 g/mol. The first-order chi connectivity index (χ1) is 11.4. The van der Waals surface area contributed by atoms with Gasteiger partial charge >= 0.3 is 5.97 Å². The SMILES string of the molecule is CCOC(=O)c1c(C(=O)N(C)C)c(C)n(Cc2ccccc2)c1C. The Balaban J connectivity index is 2.58. The number of benzene rings is 1. The van der Waals surface area contributed by atoms with E-state index in [9.17, 15) is 9.59 Å². The van der Waals surface area contributed by atoms with Crippen LogP contribution in [0.5, 0.6) is 0 Å². The molecule has 0 aliphatic heterocycles. The molecule has 0 saturated carbocycles. The fourth-order valence-corrected chi connectivity index (χ4v) is 2.82. The van der Waals surface area contributed by atoms with Gasteiger partial charge in [0.05, 0.1) is 17.7 Å². The lowest BCUT2D eigenvalue weighted by Gasteiger charge is -2.12. The van der Waals surface area contributed by atoms with E-state index >= 15 is 0 Å². The number of ether oxygens (including phenoxy) is 1. The summed E-state index contributed by atoms with van der Waals surface area (Å²) in [6.45, 7) is 6.36. The lowest BCUT2D eigenvalue weighted by molar-refractivity contribution is 0.0520. The maximum Gasteiger partial charge on any atom is 0.340 e. The molecule has 0 aliphatic rings. The Morgan fingerprint density at radius 1 is 1.04 bits per heavy atom. The van der Waals surface area contributed by atoms with Crippen LogP contribution in [0.4, 0.5) is 0 Å². The van der Waals surface area contributed by atoms with Crippen molar-refractivity contribution >= 4 is 11.9 Å². The first-order valence-corrected chi connectivity index (χ1v) is 8.00. The fourth-order valence-electron chi connectivity index (χ4n) is 2.82. The molecule has 128 valence electrons. The van der Waals surface area contributed by atoms with Crippen molar-refractivity contribution < 1.29 is 14.3 Å². The molecule has 0 bridgehead atoms. The van der Waals surface area contributed by atoms with E-state index in [0.29, 0.717) is 17.7 Å². The van der Waals surface area contributed by atoms with Gasteiger partial charge in [-0.2, -0.15) is 0 Å². The number of hydrogen-bond acceptors (Lipinski definition) is 3. The zero-order valence-corrected chi connectivity index (χ0v) is 14.9. The van der Waals surface area contributed by atoms with E-state index in [0.717, 1.165) is 17.0 Å². The highest BCUT2D eigenvalue weighted by Gasteiger charge is 2.29. The Labute approximate surface area is 142 Å². The van der Waals surface area contributed by atoms with Crippen molar-refractivity contribution in [3.8, 4) is 0 Å². The van der Waals surface area contributed by atoms with Crippen molar-refractivity contribution in [2.45, 2.75) is 27.3 Å². The minimum atomic E-state index is -0.449. The number of rotatable bonds is 5. The summed E-state index contributed by atoms with van der Waals surface area (Å²) in [6, 6.07) is 9.96. The molecule has 0 aliphatic carbocycles. The molecule has 0 spiro atoms. The largest absolute Gasteiger partial charge is 0.462 e. The lowest BCUT2D eigenvalue weighted by atomic mass is 10.1. The van der Waals surface area contributed by atoms with Gasteiger partial charge in [0.1, 0.15) is 0 Å². The highest BCUT2D eigenvalue weighted by Crippen LogP contribution is 2.25.